The van der Waals surface area contributed by atoms with Gasteiger partial charge in [-0.05, 0) is 153 Å². The van der Waals surface area contributed by atoms with Crippen LogP contribution in [-0.4, -0.2) is 38.4 Å². The molecule has 1 aromatic rings. The van der Waals surface area contributed by atoms with Crippen LogP contribution in [0.2, 0.25) is 0 Å². The third-order valence-electron chi connectivity index (χ3n) is 15.9. The van der Waals surface area contributed by atoms with Crippen LogP contribution in [0, 0.1) is 56.7 Å². The van der Waals surface area contributed by atoms with Crippen molar-refractivity contribution in [2.24, 2.45) is 56.7 Å². The molecule has 0 aliphatic heterocycles. The van der Waals surface area contributed by atoms with Gasteiger partial charge < -0.3 is 14.8 Å². The first-order valence-electron chi connectivity index (χ1n) is 19.6. The number of nitrogens with one attached hydrogen (secondary N) is 1. The molecule has 5 aliphatic carbocycles. The Kier molecular flexibility index (Phi) is 9.84. The summed E-state index contributed by atoms with van der Waals surface area (Å²) in [6.07, 6.45) is 14.3. The molecular weight excluding hydrogens is 590 g/mol. The Hall–Kier alpha value is -1.75. The highest BCUT2D eigenvalue weighted by Gasteiger charge is 2.70. The quantitative estimate of drug-likeness (QED) is 0.146. The molecule has 1 aromatic carbocycles. The Bertz CT molecular complexity index is 1390. The minimum atomic E-state index is -0.165. The van der Waals surface area contributed by atoms with Gasteiger partial charge in [-0.2, -0.15) is 0 Å². The lowest BCUT2D eigenvalue weighted by Gasteiger charge is -2.72. The molecule has 0 radical (unpaired) electrons. The lowest BCUT2D eigenvalue weighted by Crippen LogP contribution is -2.66. The number of carbonyl (C=O) groups is 1. The van der Waals surface area contributed by atoms with Crippen LogP contribution in [-0.2, 0) is 9.47 Å². The second kappa shape index (κ2) is 13.1. The number of ether oxygens (including phenoxy) is 2. The van der Waals surface area contributed by atoms with E-state index in [2.05, 4.69) is 85.5 Å². The van der Waals surface area contributed by atoms with Gasteiger partial charge >= 0.3 is 0 Å². The van der Waals surface area contributed by atoms with Gasteiger partial charge in [-0.1, -0.05) is 77.1 Å². The van der Waals surface area contributed by atoms with Crippen molar-refractivity contribution in [3.8, 4) is 0 Å². The number of fused-ring (bicyclic) bond motifs is 7. The Labute approximate surface area is 293 Å². The summed E-state index contributed by atoms with van der Waals surface area (Å²) in [5.41, 5.74) is 6.41. The van der Waals surface area contributed by atoms with Gasteiger partial charge in [0.05, 0.1) is 0 Å². The topological polar surface area (TPSA) is 47.6 Å². The van der Waals surface area contributed by atoms with E-state index in [1.54, 1.807) is 6.92 Å². The Morgan fingerprint density at radius 3 is 2.19 bits per heavy atom. The van der Waals surface area contributed by atoms with Crippen LogP contribution < -0.4 is 5.32 Å². The van der Waals surface area contributed by atoms with Crippen LogP contribution in [0.25, 0.3) is 5.57 Å². The van der Waals surface area contributed by atoms with E-state index in [1.165, 1.54) is 74.5 Å². The van der Waals surface area contributed by atoms with Crippen molar-refractivity contribution < 1.29 is 14.3 Å². The third kappa shape index (κ3) is 5.54. The lowest BCUT2D eigenvalue weighted by atomic mass is 9.32. The van der Waals surface area contributed by atoms with E-state index in [1.807, 2.05) is 12.1 Å². The van der Waals surface area contributed by atoms with Gasteiger partial charge in [0.1, 0.15) is 0 Å². The minimum Gasteiger partial charge on any atom is -0.352 e. The summed E-state index contributed by atoms with van der Waals surface area (Å²) in [7, 11) is 0. The standard InChI is InChI=1S/C44H67NO3/c1-11-47-38(48-12-2)27-45-28-44-24-19-33(29(3)4)39(44)35-17-18-37-41(8)22-20-34(32-15-13-31(14-16-32)30(5)46)40(6,7)36(41)21-23-43(37,10)42(35,9)25-26-44/h13-16,20,33,35-39,45H,3,11-12,17-19,21-28H2,1-2,4-10H3/t33-,35+,36-,37+,39+,41-,42+,43+,44+/m0/s1. The maximum absolute atomic E-state index is 12.0. The van der Waals surface area contributed by atoms with Crippen molar-refractivity contribution in [2.45, 2.75) is 126 Å². The van der Waals surface area contributed by atoms with Gasteiger partial charge in [0.15, 0.2) is 12.1 Å². The molecule has 48 heavy (non-hydrogen) atoms. The molecule has 0 bridgehead atoms. The highest BCUT2D eigenvalue weighted by molar-refractivity contribution is 5.94. The van der Waals surface area contributed by atoms with Crippen molar-refractivity contribution in [1.82, 2.24) is 5.32 Å². The smallest absolute Gasteiger partial charge is 0.169 e. The van der Waals surface area contributed by atoms with E-state index in [0.717, 1.165) is 30.5 Å². The summed E-state index contributed by atoms with van der Waals surface area (Å²) in [5, 5.41) is 3.90. The summed E-state index contributed by atoms with van der Waals surface area (Å²) < 4.78 is 11.8. The van der Waals surface area contributed by atoms with Crippen molar-refractivity contribution in [3.05, 3.63) is 53.6 Å². The predicted octanol–water partition coefficient (Wildman–Crippen LogP) is 10.5. The predicted molar refractivity (Wildman–Crippen MR) is 199 cm³/mol. The number of benzene rings is 1. The number of rotatable bonds is 11. The number of allylic oxidation sites excluding steroid dienone is 3. The largest absolute Gasteiger partial charge is 0.352 e. The molecule has 0 heterocycles. The zero-order valence-electron chi connectivity index (χ0n) is 32.0. The van der Waals surface area contributed by atoms with E-state index in [-0.39, 0.29) is 17.5 Å². The SMILES string of the molecule is C=C(C)[C@@H]1CC[C@]2(CNCC(OCC)OCC)CC[C@]3(C)[C@H](CC[C@@H]4[C@@]5(C)CC=C(c6ccc(C(C)=O)cc6)C(C)(C)[C@@H]5CC[C@]43C)[C@@H]12. The molecular formula is C44H67NO3. The highest BCUT2D eigenvalue weighted by atomic mass is 16.7. The van der Waals surface area contributed by atoms with Crippen LogP contribution in [0.3, 0.4) is 0 Å². The normalized spacial score (nSPS) is 40.0. The molecule has 6 rings (SSSR count). The molecule has 0 spiro atoms. The van der Waals surface area contributed by atoms with Crippen LogP contribution in [0.5, 0.6) is 0 Å². The molecule has 5 aliphatic rings. The molecule has 4 nitrogen and oxygen atoms in total. The first-order chi connectivity index (χ1) is 22.7. The zero-order chi connectivity index (χ0) is 34.7. The molecule has 0 unspecified atom stereocenters. The third-order valence-corrected chi connectivity index (χ3v) is 15.9. The second-order valence-corrected chi connectivity index (χ2v) is 18.2. The summed E-state index contributed by atoms with van der Waals surface area (Å²) in [6.45, 7) is 29.2. The number of carbonyl (C=O) groups excluding carboxylic acids is 1. The fourth-order valence-corrected chi connectivity index (χ4v) is 13.6. The molecule has 4 heteroatoms. The van der Waals surface area contributed by atoms with E-state index >= 15 is 0 Å². The van der Waals surface area contributed by atoms with Crippen molar-refractivity contribution >= 4 is 11.4 Å². The molecule has 266 valence electrons. The van der Waals surface area contributed by atoms with Crippen LogP contribution in [0.4, 0.5) is 0 Å². The average Bonchev–Trinajstić information content (AvgIpc) is 3.41. The molecule has 0 aromatic heterocycles. The fraction of sp³-hybridized carbons (Fsp3) is 0.750. The molecule has 4 saturated carbocycles. The van der Waals surface area contributed by atoms with Crippen molar-refractivity contribution in [3.63, 3.8) is 0 Å². The van der Waals surface area contributed by atoms with E-state index in [4.69, 9.17) is 9.47 Å². The van der Waals surface area contributed by atoms with Gasteiger partial charge in [0.25, 0.3) is 0 Å². The molecule has 9 atom stereocenters. The van der Waals surface area contributed by atoms with E-state index in [0.29, 0.717) is 52.6 Å². The number of Topliss-reactive ketones (excluding diaryl/α,β-unsaturated/α-hetero) is 1. The number of ketones is 1. The van der Waals surface area contributed by atoms with Gasteiger partial charge in [-0.25, -0.2) is 0 Å². The maximum Gasteiger partial charge on any atom is 0.169 e. The molecule has 4 fully saturated rings. The van der Waals surface area contributed by atoms with Gasteiger partial charge in [0, 0.05) is 31.9 Å². The first kappa shape index (κ1) is 36.1. The minimum absolute atomic E-state index is 0.0918. The Balaban J connectivity index is 1.28. The van der Waals surface area contributed by atoms with Crippen molar-refractivity contribution in [2.75, 3.05) is 26.3 Å². The van der Waals surface area contributed by atoms with Crippen LogP contribution >= 0.6 is 0 Å². The monoisotopic (exact) mass is 658 g/mol. The Morgan fingerprint density at radius 1 is 0.875 bits per heavy atom. The zero-order valence-corrected chi connectivity index (χ0v) is 32.0. The number of hydrogen-bond donors (Lipinski definition) is 1. The summed E-state index contributed by atoms with van der Waals surface area (Å²) >= 11 is 0. The maximum atomic E-state index is 12.0. The highest BCUT2D eigenvalue weighted by Crippen LogP contribution is 2.77. The van der Waals surface area contributed by atoms with Gasteiger partial charge in [-0.3, -0.25) is 4.79 Å². The molecule has 0 saturated heterocycles. The summed E-state index contributed by atoms with van der Waals surface area (Å²) in [6, 6.07) is 8.45. The van der Waals surface area contributed by atoms with Gasteiger partial charge in [0.2, 0.25) is 0 Å². The number of hydrogen-bond acceptors (Lipinski definition) is 4. The average molecular weight is 658 g/mol. The first-order valence-corrected chi connectivity index (χ1v) is 19.6. The molecule has 0 amide bonds. The van der Waals surface area contributed by atoms with Crippen LogP contribution in [0.1, 0.15) is 136 Å². The van der Waals surface area contributed by atoms with Gasteiger partial charge in [-0.15, -0.1) is 0 Å². The fourth-order valence-electron chi connectivity index (χ4n) is 13.6. The lowest BCUT2D eigenvalue weighted by molar-refractivity contribution is -0.225. The van der Waals surface area contributed by atoms with Crippen molar-refractivity contribution in [1.29, 1.82) is 0 Å². The van der Waals surface area contributed by atoms with E-state index in [9.17, 15) is 4.79 Å². The van der Waals surface area contributed by atoms with Crippen LogP contribution in [0.15, 0.2) is 42.5 Å². The second-order valence-electron chi connectivity index (χ2n) is 18.2. The Morgan fingerprint density at radius 2 is 1.56 bits per heavy atom. The summed E-state index contributed by atoms with van der Waals surface area (Å²) in [4.78, 5) is 12.0. The van der Waals surface area contributed by atoms with E-state index < -0.39 is 0 Å². The molecule has 1 N–H and O–H groups in total. The summed E-state index contributed by atoms with van der Waals surface area (Å²) in [5.74, 6) is 3.61.